The molecule has 1 N–H and O–H groups in total. The van der Waals surface area contributed by atoms with Crippen LogP contribution in [-0.2, 0) is 0 Å². The maximum atomic E-state index is 12.7. The monoisotopic (exact) mass is 383 g/mol. The number of aromatic nitrogens is 2. The lowest BCUT2D eigenvalue weighted by atomic mass is 10.1. The van der Waals surface area contributed by atoms with E-state index in [0.29, 0.717) is 5.56 Å². The molecule has 2 aromatic carbocycles. The van der Waals surface area contributed by atoms with Crippen molar-refractivity contribution in [2.75, 3.05) is 0 Å². The van der Waals surface area contributed by atoms with Crippen LogP contribution in [0.5, 0.6) is 0 Å². The van der Waals surface area contributed by atoms with Gasteiger partial charge in [0.05, 0.1) is 16.9 Å². The van der Waals surface area contributed by atoms with Crippen LogP contribution in [0.1, 0.15) is 22.4 Å². The van der Waals surface area contributed by atoms with Crippen molar-refractivity contribution in [3.63, 3.8) is 0 Å². The number of benzene rings is 2. The maximum absolute atomic E-state index is 12.7. The lowest BCUT2D eigenvalue weighted by Crippen LogP contribution is -2.17. The van der Waals surface area contributed by atoms with E-state index in [1.165, 1.54) is 5.56 Å². The molecule has 0 aliphatic rings. The average molecular weight is 384 g/mol. The summed E-state index contributed by atoms with van der Waals surface area (Å²) in [5, 5.41) is 3.13. The summed E-state index contributed by atoms with van der Waals surface area (Å²) in [6, 6.07) is 13.6. The van der Waals surface area contributed by atoms with E-state index < -0.39 is 0 Å². The first-order valence-electron chi connectivity index (χ1n) is 7.64. The van der Waals surface area contributed by atoms with Gasteiger partial charge in [0.2, 0.25) is 0 Å². The van der Waals surface area contributed by atoms with Crippen LogP contribution in [-0.4, -0.2) is 16.0 Å². The number of nitrogens with one attached hydrogen (secondary N) is 1. The Morgan fingerprint density at radius 1 is 1.08 bits per heavy atom. The molecule has 0 fully saturated rings. The summed E-state index contributed by atoms with van der Waals surface area (Å²) in [5.74, 6) is 0. The molecule has 0 bridgehead atoms. The van der Waals surface area contributed by atoms with Gasteiger partial charge in [-0.15, -0.1) is 0 Å². The molecule has 3 aromatic rings. The summed E-state index contributed by atoms with van der Waals surface area (Å²) in [6.07, 6.45) is 1.62. The second kappa shape index (κ2) is 6.61. The van der Waals surface area contributed by atoms with E-state index in [2.05, 4.69) is 32.9 Å². The zero-order chi connectivity index (χ0) is 17.3. The van der Waals surface area contributed by atoms with Crippen molar-refractivity contribution >= 4 is 27.8 Å². The first-order valence-corrected chi connectivity index (χ1v) is 8.44. The lowest BCUT2D eigenvalue weighted by molar-refractivity contribution is 0.833. The molecule has 0 atom stereocenters. The van der Waals surface area contributed by atoms with Crippen molar-refractivity contribution in [3.8, 4) is 5.69 Å². The Labute approximate surface area is 149 Å². The highest BCUT2D eigenvalue weighted by atomic mass is 79.9. The van der Waals surface area contributed by atoms with Gasteiger partial charge in [0.1, 0.15) is 0 Å². The van der Waals surface area contributed by atoms with Gasteiger partial charge in [-0.25, -0.2) is 4.68 Å². The van der Waals surface area contributed by atoms with Crippen LogP contribution >= 0.6 is 15.9 Å². The number of rotatable bonds is 3. The van der Waals surface area contributed by atoms with Crippen LogP contribution in [0.4, 0.5) is 5.69 Å². The number of nitrogens with zero attached hydrogens (tertiary/aromatic N) is 2. The molecule has 122 valence electrons. The van der Waals surface area contributed by atoms with E-state index in [9.17, 15) is 4.79 Å². The lowest BCUT2D eigenvalue weighted by Gasteiger charge is -2.05. The van der Waals surface area contributed by atoms with E-state index in [0.717, 1.165) is 27.1 Å². The largest absolute Gasteiger partial charge is 0.295 e. The molecule has 3 rings (SSSR count). The fourth-order valence-electron chi connectivity index (χ4n) is 2.45. The Bertz CT molecular complexity index is 983. The number of aryl methyl sites for hydroxylation is 3. The SMILES string of the molecule is Cc1ccc(-n2[nH]c(C)c(C=Nc3cccc(Br)c3)c2=O)cc1C. The molecule has 24 heavy (non-hydrogen) atoms. The highest BCUT2D eigenvalue weighted by Crippen LogP contribution is 2.18. The number of aromatic amines is 1. The standard InChI is InChI=1S/C19H18BrN3O/c1-12-7-8-17(9-13(12)2)23-19(24)18(14(3)22-23)11-21-16-6-4-5-15(20)10-16/h4-11,22H,1-3H3. The van der Waals surface area contributed by atoms with Crippen LogP contribution in [0.2, 0.25) is 0 Å². The van der Waals surface area contributed by atoms with Gasteiger partial charge in [-0.1, -0.05) is 28.1 Å². The number of H-pyrrole nitrogens is 1. The van der Waals surface area contributed by atoms with Crippen molar-refractivity contribution < 1.29 is 0 Å². The molecule has 4 nitrogen and oxygen atoms in total. The van der Waals surface area contributed by atoms with E-state index in [-0.39, 0.29) is 5.56 Å². The Morgan fingerprint density at radius 3 is 2.58 bits per heavy atom. The molecule has 0 aliphatic heterocycles. The smallest absolute Gasteiger partial charge is 0.280 e. The minimum Gasteiger partial charge on any atom is -0.295 e. The summed E-state index contributed by atoms with van der Waals surface area (Å²) in [4.78, 5) is 17.1. The van der Waals surface area contributed by atoms with Gasteiger partial charge in [-0.3, -0.25) is 14.9 Å². The van der Waals surface area contributed by atoms with Crippen LogP contribution in [0, 0.1) is 20.8 Å². The summed E-state index contributed by atoms with van der Waals surface area (Å²) < 4.78 is 2.51. The summed E-state index contributed by atoms with van der Waals surface area (Å²) in [7, 11) is 0. The topological polar surface area (TPSA) is 50.1 Å². The molecule has 0 saturated carbocycles. The van der Waals surface area contributed by atoms with Crippen molar-refractivity contribution in [3.05, 3.63) is 79.7 Å². The molecular formula is C19H18BrN3O. The fourth-order valence-corrected chi connectivity index (χ4v) is 2.84. The summed E-state index contributed by atoms with van der Waals surface area (Å²) >= 11 is 3.42. The molecule has 1 heterocycles. The van der Waals surface area contributed by atoms with Crippen molar-refractivity contribution in [2.45, 2.75) is 20.8 Å². The number of aliphatic imine (C=N–C) groups is 1. The summed E-state index contributed by atoms with van der Waals surface area (Å²) in [6.45, 7) is 5.97. The summed E-state index contributed by atoms with van der Waals surface area (Å²) in [5.41, 5.74) is 5.22. The first-order chi connectivity index (χ1) is 11.5. The van der Waals surface area contributed by atoms with Crippen LogP contribution in [0.3, 0.4) is 0 Å². The van der Waals surface area contributed by atoms with E-state index in [1.807, 2.05) is 56.3 Å². The molecule has 0 unspecified atom stereocenters. The average Bonchev–Trinajstić information content (AvgIpc) is 2.83. The normalized spacial score (nSPS) is 11.3. The van der Waals surface area contributed by atoms with Crippen molar-refractivity contribution in [1.29, 1.82) is 0 Å². The molecule has 0 spiro atoms. The Kier molecular flexibility index (Phi) is 4.53. The van der Waals surface area contributed by atoms with Crippen LogP contribution < -0.4 is 5.56 Å². The van der Waals surface area contributed by atoms with Gasteiger partial charge in [-0.2, -0.15) is 0 Å². The molecule has 0 aliphatic carbocycles. The van der Waals surface area contributed by atoms with E-state index in [4.69, 9.17) is 0 Å². The molecule has 0 amide bonds. The third kappa shape index (κ3) is 3.26. The highest BCUT2D eigenvalue weighted by Gasteiger charge is 2.11. The predicted octanol–water partition coefficient (Wildman–Crippen LogP) is 4.60. The number of hydrogen-bond acceptors (Lipinski definition) is 2. The van der Waals surface area contributed by atoms with Crippen LogP contribution in [0.25, 0.3) is 5.69 Å². The second-order valence-electron chi connectivity index (χ2n) is 5.80. The van der Waals surface area contributed by atoms with E-state index >= 15 is 0 Å². The minimum absolute atomic E-state index is 0.102. The third-order valence-corrected chi connectivity index (χ3v) is 4.51. The molecule has 1 aromatic heterocycles. The second-order valence-corrected chi connectivity index (χ2v) is 6.71. The number of halogens is 1. The fraction of sp³-hybridized carbons (Fsp3) is 0.158. The maximum Gasteiger partial charge on any atom is 0.280 e. The molecule has 0 saturated heterocycles. The van der Waals surface area contributed by atoms with Gasteiger partial charge < -0.3 is 0 Å². The minimum atomic E-state index is -0.102. The van der Waals surface area contributed by atoms with Gasteiger partial charge in [0, 0.05) is 16.4 Å². The quantitative estimate of drug-likeness (QED) is 0.659. The van der Waals surface area contributed by atoms with E-state index in [1.54, 1.807) is 10.9 Å². The first kappa shape index (κ1) is 16.5. The van der Waals surface area contributed by atoms with Gasteiger partial charge in [-0.05, 0) is 62.2 Å². The van der Waals surface area contributed by atoms with Crippen molar-refractivity contribution in [1.82, 2.24) is 9.78 Å². The highest BCUT2D eigenvalue weighted by molar-refractivity contribution is 9.10. The van der Waals surface area contributed by atoms with Gasteiger partial charge in [0.25, 0.3) is 5.56 Å². The Hall–Kier alpha value is -2.40. The van der Waals surface area contributed by atoms with Gasteiger partial charge in [0.15, 0.2) is 0 Å². The number of hydrogen-bond donors (Lipinski definition) is 1. The Morgan fingerprint density at radius 2 is 1.88 bits per heavy atom. The van der Waals surface area contributed by atoms with Crippen LogP contribution in [0.15, 0.2) is 56.7 Å². The van der Waals surface area contributed by atoms with Gasteiger partial charge >= 0.3 is 0 Å². The molecule has 5 heteroatoms. The molecular weight excluding hydrogens is 366 g/mol. The zero-order valence-electron chi connectivity index (χ0n) is 13.8. The molecule has 0 radical (unpaired) electrons. The third-order valence-electron chi connectivity index (χ3n) is 4.02. The Balaban J connectivity index is 2.00. The zero-order valence-corrected chi connectivity index (χ0v) is 15.4. The predicted molar refractivity (Wildman–Crippen MR) is 102 cm³/mol. The van der Waals surface area contributed by atoms with Crippen molar-refractivity contribution in [2.24, 2.45) is 4.99 Å².